The summed E-state index contributed by atoms with van der Waals surface area (Å²) in [5.74, 6) is -0.203. The molecule has 0 amide bonds. The lowest BCUT2D eigenvalue weighted by Gasteiger charge is -2.38. The standard InChI is InChI=1S/C18H17BrClF/c19-12-18(11-14-7-8-15(20)10-17(14)21)9-3-5-13-4-1-2-6-16(13)18/h1-2,4,6-8,10H,3,5,9,11-12H2. The van der Waals surface area contributed by atoms with Crippen molar-refractivity contribution in [3.8, 4) is 0 Å². The van der Waals surface area contributed by atoms with Gasteiger partial charge in [0.2, 0.25) is 0 Å². The van der Waals surface area contributed by atoms with Crippen LogP contribution in [0, 0.1) is 5.82 Å². The lowest BCUT2D eigenvalue weighted by molar-refractivity contribution is 0.395. The molecule has 0 spiro atoms. The summed E-state index contributed by atoms with van der Waals surface area (Å²) in [6.45, 7) is 0. The second-order valence-electron chi connectivity index (χ2n) is 5.84. The van der Waals surface area contributed by atoms with Crippen molar-refractivity contribution >= 4 is 27.5 Å². The summed E-state index contributed by atoms with van der Waals surface area (Å²) in [5.41, 5.74) is 3.49. The zero-order chi connectivity index (χ0) is 14.9. The van der Waals surface area contributed by atoms with Crippen LogP contribution in [0.5, 0.6) is 0 Å². The molecular weight excluding hydrogens is 351 g/mol. The Morgan fingerprint density at radius 1 is 1.19 bits per heavy atom. The molecule has 3 heteroatoms. The monoisotopic (exact) mass is 366 g/mol. The highest BCUT2D eigenvalue weighted by atomic mass is 79.9. The average molecular weight is 368 g/mol. The van der Waals surface area contributed by atoms with Gasteiger partial charge in [-0.3, -0.25) is 0 Å². The quantitative estimate of drug-likeness (QED) is 0.611. The molecule has 0 nitrogen and oxygen atoms in total. The Morgan fingerprint density at radius 2 is 2.00 bits per heavy atom. The zero-order valence-corrected chi connectivity index (χ0v) is 14.1. The van der Waals surface area contributed by atoms with Gasteiger partial charge in [-0.25, -0.2) is 4.39 Å². The largest absolute Gasteiger partial charge is 0.207 e. The zero-order valence-electron chi connectivity index (χ0n) is 11.7. The van der Waals surface area contributed by atoms with Crippen LogP contribution in [0.4, 0.5) is 4.39 Å². The van der Waals surface area contributed by atoms with Gasteiger partial charge in [0.15, 0.2) is 0 Å². The van der Waals surface area contributed by atoms with Gasteiger partial charge in [-0.05, 0) is 54.5 Å². The molecule has 0 fully saturated rings. The third kappa shape index (κ3) is 2.89. The summed E-state index contributed by atoms with van der Waals surface area (Å²) in [4.78, 5) is 0. The molecule has 1 aliphatic rings. The summed E-state index contributed by atoms with van der Waals surface area (Å²) in [6.07, 6.45) is 4.06. The Balaban J connectivity index is 2.02. The molecule has 0 saturated carbocycles. The van der Waals surface area contributed by atoms with Crippen LogP contribution in [0.3, 0.4) is 0 Å². The van der Waals surface area contributed by atoms with E-state index in [1.54, 1.807) is 6.07 Å². The molecule has 0 aliphatic heterocycles. The van der Waals surface area contributed by atoms with Gasteiger partial charge in [-0.1, -0.05) is 57.9 Å². The van der Waals surface area contributed by atoms with Gasteiger partial charge in [-0.2, -0.15) is 0 Å². The first-order valence-corrected chi connectivity index (χ1v) is 8.73. The number of alkyl halides is 1. The Morgan fingerprint density at radius 3 is 2.76 bits per heavy atom. The number of fused-ring (bicyclic) bond motifs is 1. The van der Waals surface area contributed by atoms with E-state index >= 15 is 0 Å². The molecule has 0 aromatic heterocycles. The Labute approximate surface area is 138 Å². The Kier molecular flexibility index (Phi) is 4.37. The predicted octanol–water partition coefficient (Wildman–Crippen LogP) is 5.69. The van der Waals surface area contributed by atoms with Crippen molar-refractivity contribution in [3.63, 3.8) is 0 Å². The minimum atomic E-state index is -0.203. The third-order valence-electron chi connectivity index (χ3n) is 4.49. The van der Waals surface area contributed by atoms with E-state index in [1.165, 1.54) is 17.2 Å². The number of halogens is 3. The lowest BCUT2D eigenvalue weighted by Crippen LogP contribution is -2.35. The highest BCUT2D eigenvalue weighted by molar-refractivity contribution is 9.09. The van der Waals surface area contributed by atoms with E-state index in [1.807, 2.05) is 6.07 Å². The minimum absolute atomic E-state index is 0.0243. The molecular formula is C18H17BrClF. The number of benzene rings is 2. The van der Waals surface area contributed by atoms with Gasteiger partial charge in [0.05, 0.1) is 0 Å². The average Bonchev–Trinajstić information content (AvgIpc) is 2.50. The SMILES string of the molecule is Fc1cc(Cl)ccc1CC1(CBr)CCCc2ccccc21. The molecule has 0 radical (unpaired) electrons. The minimum Gasteiger partial charge on any atom is -0.207 e. The predicted molar refractivity (Wildman–Crippen MR) is 90.0 cm³/mol. The summed E-state index contributed by atoms with van der Waals surface area (Å²) < 4.78 is 14.2. The van der Waals surface area contributed by atoms with E-state index in [0.29, 0.717) is 11.4 Å². The summed E-state index contributed by atoms with van der Waals surface area (Å²) in [5, 5.41) is 1.30. The fraction of sp³-hybridized carbons (Fsp3) is 0.333. The molecule has 2 aromatic carbocycles. The van der Waals surface area contributed by atoms with Crippen LogP contribution >= 0.6 is 27.5 Å². The molecule has 110 valence electrons. The maximum absolute atomic E-state index is 14.2. The molecule has 21 heavy (non-hydrogen) atoms. The molecule has 1 unspecified atom stereocenters. The second kappa shape index (κ2) is 6.10. The van der Waals surface area contributed by atoms with Crippen molar-refractivity contribution in [1.29, 1.82) is 0 Å². The van der Waals surface area contributed by atoms with Crippen LogP contribution < -0.4 is 0 Å². The van der Waals surface area contributed by atoms with Crippen molar-refractivity contribution in [2.75, 3.05) is 5.33 Å². The van der Waals surface area contributed by atoms with Gasteiger partial charge >= 0.3 is 0 Å². The van der Waals surface area contributed by atoms with Crippen LogP contribution in [0.2, 0.25) is 5.02 Å². The molecule has 0 bridgehead atoms. The lowest BCUT2D eigenvalue weighted by atomic mass is 9.68. The summed E-state index contributed by atoms with van der Waals surface area (Å²) in [6, 6.07) is 13.6. The van der Waals surface area contributed by atoms with E-state index < -0.39 is 0 Å². The van der Waals surface area contributed by atoms with E-state index in [9.17, 15) is 4.39 Å². The molecule has 1 aliphatic carbocycles. The maximum atomic E-state index is 14.2. The highest BCUT2D eigenvalue weighted by Gasteiger charge is 2.36. The van der Waals surface area contributed by atoms with Gasteiger partial charge in [-0.15, -0.1) is 0 Å². The Bertz CT molecular complexity index is 655. The van der Waals surface area contributed by atoms with Gasteiger partial charge in [0, 0.05) is 15.8 Å². The van der Waals surface area contributed by atoms with Gasteiger partial charge in [0.25, 0.3) is 0 Å². The fourth-order valence-electron chi connectivity index (χ4n) is 3.41. The van der Waals surface area contributed by atoms with E-state index in [4.69, 9.17) is 11.6 Å². The molecule has 1 atom stereocenters. The van der Waals surface area contributed by atoms with E-state index in [0.717, 1.165) is 30.2 Å². The molecule has 0 N–H and O–H groups in total. The second-order valence-corrected chi connectivity index (χ2v) is 6.83. The normalized spacial score (nSPS) is 21.1. The Hall–Kier alpha value is -0.860. The van der Waals surface area contributed by atoms with E-state index in [2.05, 4.69) is 40.2 Å². The van der Waals surface area contributed by atoms with Gasteiger partial charge in [0.1, 0.15) is 5.82 Å². The van der Waals surface area contributed by atoms with Crippen LogP contribution in [0.15, 0.2) is 42.5 Å². The highest BCUT2D eigenvalue weighted by Crippen LogP contribution is 2.41. The first kappa shape index (κ1) is 15.1. The van der Waals surface area contributed by atoms with Crippen LogP contribution in [0.25, 0.3) is 0 Å². The maximum Gasteiger partial charge on any atom is 0.127 e. The number of rotatable bonds is 3. The third-order valence-corrected chi connectivity index (χ3v) is 5.80. The number of hydrogen-bond donors (Lipinski definition) is 0. The molecule has 2 aromatic rings. The summed E-state index contributed by atoms with van der Waals surface area (Å²) in [7, 11) is 0. The first-order chi connectivity index (χ1) is 10.1. The molecule has 3 rings (SSSR count). The van der Waals surface area contributed by atoms with Crippen molar-refractivity contribution in [3.05, 3.63) is 70.0 Å². The van der Waals surface area contributed by atoms with Crippen LogP contribution in [-0.2, 0) is 18.3 Å². The van der Waals surface area contributed by atoms with Crippen molar-refractivity contribution in [1.82, 2.24) is 0 Å². The fourth-order valence-corrected chi connectivity index (χ4v) is 4.35. The number of hydrogen-bond acceptors (Lipinski definition) is 0. The van der Waals surface area contributed by atoms with Crippen molar-refractivity contribution < 1.29 is 4.39 Å². The van der Waals surface area contributed by atoms with Crippen molar-refractivity contribution in [2.24, 2.45) is 0 Å². The first-order valence-electron chi connectivity index (χ1n) is 7.23. The smallest absolute Gasteiger partial charge is 0.127 e. The van der Waals surface area contributed by atoms with Gasteiger partial charge < -0.3 is 0 Å². The molecule has 0 saturated heterocycles. The molecule has 0 heterocycles. The topological polar surface area (TPSA) is 0 Å². The van der Waals surface area contributed by atoms with Crippen LogP contribution in [-0.4, -0.2) is 5.33 Å². The van der Waals surface area contributed by atoms with Crippen molar-refractivity contribution in [2.45, 2.75) is 31.1 Å². The number of aryl methyl sites for hydroxylation is 1. The summed E-state index contributed by atoms with van der Waals surface area (Å²) >= 11 is 9.55. The van der Waals surface area contributed by atoms with Crippen LogP contribution in [0.1, 0.15) is 29.5 Å². The van der Waals surface area contributed by atoms with E-state index in [-0.39, 0.29) is 11.2 Å².